The quantitative estimate of drug-likeness (QED) is 0.749. The van der Waals surface area contributed by atoms with Crippen molar-refractivity contribution in [1.82, 2.24) is 9.80 Å². The van der Waals surface area contributed by atoms with E-state index in [1.54, 1.807) is 0 Å². The van der Waals surface area contributed by atoms with Gasteiger partial charge in [0, 0.05) is 32.7 Å². The summed E-state index contributed by atoms with van der Waals surface area (Å²) in [5.41, 5.74) is 6.86. The van der Waals surface area contributed by atoms with Crippen molar-refractivity contribution in [3.05, 3.63) is 35.9 Å². The molecule has 0 spiro atoms. The van der Waals surface area contributed by atoms with Gasteiger partial charge >= 0.3 is 5.97 Å². The van der Waals surface area contributed by atoms with Crippen LogP contribution >= 0.6 is 0 Å². The molecule has 0 unspecified atom stereocenters. The van der Waals surface area contributed by atoms with E-state index in [1.807, 2.05) is 23.1 Å². The lowest BCUT2D eigenvalue weighted by Crippen LogP contribution is -2.45. The van der Waals surface area contributed by atoms with Crippen molar-refractivity contribution < 1.29 is 14.3 Å². The number of hydrogen-bond donors (Lipinski definition) is 1. The fraction of sp³-hybridized carbons (Fsp3) is 0.556. The fourth-order valence-corrected chi connectivity index (χ4v) is 3.06. The van der Waals surface area contributed by atoms with Crippen LogP contribution in [-0.2, 0) is 20.9 Å². The van der Waals surface area contributed by atoms with Crippen molar-refractivity contribution in [3.63, 3.8) is 0 Å². The molecule has 1 aromatic rings. The monoisotopic (exact) mass is 333 g/mol. The molecule has 2 N–H and O–H groups in total. The number of benzene rings is 1. The number of nitrogens with two attached hydrogens (primary N) is 1. The highest BCUT2D eigenvalue weighted by atomic mass is 16.5. The van der Waals surface area contributed by atoms with Gasteiger partial charge in [0.05, 0.1) is 19.6 Å². The van der Waals surface area contributed by atoms with Crippen molar-refractivity contribution in [2.24, 2.45) is 11.7 Å². The predicted molar refractivity (Wildman–Crippen MR) is 92.1 cm³/mol. The lowest BCUT2D eigenvalue weighted by molar-refractivity contribution is -0.149. The fourth-order valence-electron chi connectivity index (χ4n) is 3.06. The van der Waals surface area contributed by atoms with Gasteiger partial charge in [0.25, 0.3) is 0 Å². The Bertz CT molecular complexity index is 528. The third-order valence-corrected chi connectivity index (χ3v) is 4.44. The molecule has 6 nitrogen and oxygen atoms in total. The van der Waals surface area contributed by atoms with Crippen LogP contribution in [-0.4, -0.2) is 61.5 Å². The summed E-state index contributed by atoms with van der Waals surface area (Å²) in [6, 6.07) is 10.1. The Labute approximate surface area is 143 Å². The van der Waals surface area contributed by atoms with E-state index in [9.17, 15) is 9.59 Å². The Morgan fingerprint density at radius 2 is 1.92 bits per heavy atom. The van der Waals surface area contributed by atoms with E-state index < -0.39 is 0 Å². The molecule has 6 heteroatoms. The number of methoxy groups -OCH3 is 1. The van der Waals surface area contributed by atoms with Crippen LogP contribution in [0.4, 0.5) is 0 Å². The Morgan fingerprint density at radius 1 is 1.25 bits per heavy atom. The van der Waals surface area contributed by atoms with E-state index in [4.69, 9.17) is 10.5 Å². The highest BCUT2D eigenvalue weighted by Crippen LogP contribution is 2.18. The highest BCUT2D eigenvalue weighted by molar-refractivity contribution is 5.79. The number of amides is 1. The van der Waals surface area contributed by atoms with Gasteiger partial charge in [-0.2, -0.15) is 0 Å². The van der Waals surface area contributed by atoms with Gasteiger partial charge in [0.2, 0.25) is 5.91 Å². The van der Waals surface area contributed by atoms with Gasteiger partial charge in [-0.1, -0.05) is 30.3 Å². The van der Waals surface area contributed by atoms with Gasteiger partial charge in [-0.3, -0.25) is 14.5 Å². The number of carbonyl (C=O) groups excluding carboxylic acids is 2. The predicted octanol–water partition coefficient (Wildman–Crippen LogP) is 0.859. The molecule has 24 heavy (non-hydrogen) atoms. The van der Waals surface area contributed by atoms with Crippen LogP contribution in [0.3, 0.4) is 0 Å². The van der Waals surface area contributed by atoms with Gasteiger partial charge in [-0.15, -0.1) is 0 Å². The summed E-state index contributed by atoms with van der Waals surface area (Å²) in [7, 11) is 1.41. The van der Waals surface area contributed by atoms with Crippen LogP contribution in [0.25, 0.3) is 0 Å². The second-order valence-corrected chi connectivity index (χ2v) is 6.16. The topological polar surface area (TPSA) is 75.9 Å². The summed E-state index contributed by atoms with van der Waals surface area (Å²) in [6.45, 7) is 3.49. The lowest BCUT2D eigenvalue weighted by Gasteiger charge is -2.32. The maximum absolute atomic E-state index is 12.5. The van der Waals surface area contributed by atoms with Gasteiger partial charge in [-0.05, 0) is 18.4 Å². The first kappa shape index (κ1) is 18.4. The Hall–Kier alpha value is -1.92. The molecule has 2 rings (SSSR count). The molecular weight excluding hydrogens is 306 g/mol. The number of carbonyl (C=O) groups is 2. The van der Waals surface area contributed by atoms with E-state index in [1.165, 1.54) is 12.7 Å². The molecule has 132 valence electrons. The summed E-state index contributed by atoms with van der Waals surface area (Å²) in [4.78, 5) is 28.0. The molecule has 1 aromatic carbocycles. The molecule has 0 aromatic heterocycles. The number of nitrogens with zero attached hydrogens (tertiary/aromatic N) is 2. The molecule has 0 bridgehead atoms. The first-order chi connectivity index (χ1) is 11.6. The second-order valence-electron chi connectivity index (χ2n) is 6.16. The van der Waals surface area contributed by atoms with Gasteiger partial charge in [0.15, 0.2) is 0 Å². The van der Waals surface area contributed by atoms with E-state index >= 15 is 0 Å². The molecule has 1 heterocycles. The van der Waals surface area contributed by atoms with E-state index in [2.05, 4.69) is 17.0 Å². The number of piperidine rings is 1. The number of likely N-dealkylation sites (tertiary alicyclic amines) is 1. The largest absolute Gasteiger partial charge is 0.469 e. The van der Waals surface area contributed by atoms with Crippen molar-refractivity contribution in [2.75, 3.05) is 39.8 Å². The molecule has 0 radical (unpaired) electrons. The third-order valence-electron chi connectivity index (χ3n) is 4.44. The average Bonchev–Trinajstić information content (AvgIpc) is 2.62. The SMILES string of the molecule is COC(=O)C1CCN(C(=O)CN(CCN)Cc2ccccc2)CC1. The summed E-state index contributed by atoms with van der Waals surface area (Å²) in [5, 5.41) is 0. The molecule has 1 saturated heterocycles. The molecule has 1 aliphatic heterocycles. The van der Waals surface area contributed by atoms with Crippen molar-refractivity contribution >= 4 is 11.9 Å². The van der Waals surface area contributed by atoms with Crippen LogP contribution in [0.15, 0.2) is 30.3 Å². The van der Waals surface area contributed by atoms with Gasteiger partial charge in [-0.25, -0.2) is 0 Å². The first-order valence-corrected chi connectivity index (χ1v) is 8.46. The first-order valence-electron chi connectivity index (χ1n) is 8.46. The van der Waals surface area contributed by atoms with Crippen LogP contribution in [0.2, 0.25) is 0 Å². The zero-order chi connectivity index (χ0) is 17.4. The standard InChI is InChI=1S/C18H27N3O3/c1-24-18(23)16-7-10-21(11-8-16)17(22)14-20(12-9-19)13-15-5-3-2-4-6-15/h2-6,16H,7-14,19H2,1H3. The Balaban J connectivity index is 1.86. The van der Waals surface area contributed by atoms with Crippen LogP contribution in [0.1, 0.15) is 18.4 Å². The van der Waals surface area contributed by atoms with Crippen molar-refractivity contribution in [1.29, 1.82) is 0 Å². The molecule has 0 atom stereocenters. The zero-order valence-electron chi connectivity index (χ0n) is 14.3. The third kappa shape index (κ3) is 5.32. The Kier molecular flexibility index (Phi) is 7.21. The molecule has 0 saturated carbocycles. The molecule has 0 aliphatic carbocycles. The summed E-state index contributed by atoms with van der Waals surface area (Å²) in [5.74, 6) is -0.151. The minimum absolute atomic E-state index is 0.0801. The summed E-state index contributed by atoms with van der Waals surface area (Å²) < 4.78 is 4.78. The molecular formula is C18H27N3O3. The van der Waals surface area contributed by atoms with Gasteiger partial charge < -0.3 is 15.4 Å². The number of ether oxygens (including phenoxy) is 1. The molecule has 1 fully saturated rings. The zero-order valence-corrected chi connectivity index (χ0v) is 14.3. The van der Waals surface area contributed by atoms with E-state index in [-0.39, 0.29) is 17.8 Å². The minimum atomic E-state index is -0.170. The van der Waals surface area contributed by atoms with E-state index in [0.717, 1.165) is 0 Å². The van der Waals surface area contributed by atoms with Gasteiger partial charge in [0.1, 0.15) is 0 Å². The number of rotatable bonds is 7. The highest BCUT2D eigenvalue weighted by Gasteiger charge is 2.28. The minimum Gasteiger partial charge on any atom is -0.469 e. The number of esters is 1. The van der Waals surface area contributed by atoms with Crippen molar-refractivity contribution in [3.8, 4) is 0 Å². The van der Waals surface area contributed by atoms with Crippen molar-refractivity contribution in [2.45, 2.75) is 19.4 Å². The van der Waals surface area contributed by atoms with Crippen LogP contribution in [0.5, 0.6) is 0 Å². The smallest absolute Gasteiger partial charge is 0.308 e. The lowest BCUT2D eigenvalue weighted by atomic mass is 9.97. The van der Waals surface area contributed by atoms with Crippen LogP contribution in [0, 0.1) is 5.92 Å². The average molecular weight is 333 g/mol. The van der Waals surface area contributed by atoms with Crippen LogP contribution < -0.4 is 5.73 Å². The summed E-state index contributed by atoms with van der Waals surface area (Å²) >= 11 is 0. The Morgan fingerprint density at radius 3 is 2.50 bits per heavy atom. The second kappa shape index (κ2) is 9.39. The molecule has 1 amide bonds. The van der Waals surface area contributed by atoms with E-state index in [0.29, 0.717) is 52.1 Å². The number of hydrogen-bond acceptors (Lipinski definition) is 5. The summed E-state index contributed by atoms with van der Waals surface area (Å²) in [6.07, 6.45) is 1.35. The maximum atomic E-state index is 12.5. The normalized spacial score (nSPS) is 15.5. The maximum Gasteiger partial charge on any atom is 0.308 e. The molecule has 1 aliphatic rings.